The molecule has 8 heteroatoms. The Bertz CT molecular complexity index is 674. The van der Waals surface area contributed by atoms with E-state index in [4.69, 9.17) is 4.74 Å². The van der Waals surface area contributed by atoms with Crippen LogP contribution in [0.25, 0.3) is 0 Å². The van der Waals surface area contributed by atoms with E-state index in [-0.39, 0.29) is 13.2 Å². The topological polar surface area (TPSA) is 88.4 Å². The second-order valence-electron chi connectivity index (χ2n) is 5.05. The minimum absolute atomic E-state index is 0.00200. The maximum absolute atomic E-state index is 13.0. The van der Waals surface area contributed by atoms with E-state index in [1.807, 2.05) is 6.92 Å². The number of carbonyl (C=O) groups is 1. The first-order chi connectivity index (χ1) is 10.9. The third-order valence-corrected chi connectivity index (χ3v) is 2.98. The number of aryl methyl sites for hydroxylation is 2. The SMILES string of the molecule is Cc1cc(NC(=O)NC[C@@H](O)COc2cccc(F)c2)n(C)n1. The summed E-state index contributed by atoms with van der Waals surface area (Å²) in [7, 11) is 1.71. The third-order valence-electron chi connectivity index (χ3n) is 2.98. The zero-order valence-corrected chi connectivity index (χ0v) is 12.9. The van der Waals surface area contributed by atoms with Crippen LogP contribution in [0.3, 0.4) is 0 Å². The van der Waals surface area contributed by atoms with Crippen molar-refractivity contribution in [2.24, 2.45) is 7.05 Å². The maximum Gasteiger partial charge on any atom is 0.320 e. The van der Waals surface area contributed by atoms with Crippen LogP contribution in [-0.2, 0) is 7.05 Å². The fraction of sp³-hybridized carbons (Fsp3) is 0.333. The molecular formula is C15H19FN4O3. The molecule has 0 radical (unpaired) electrons. The lowest BCUT2D eigenvalue weighted by molar-refractivity contribution is 0.108. The summed E-state index contributed by atoms with van der Waals surface area (Å²) in [6.45, 7) is 1.75. The van der Waals surface area contributed by atoms with Crippen molar-refractivity contribution in [2.75, 3.05) is 18.5 Å². The molecule has 23 heavy (non-hydrogen) atoms. The molecule has 3 N–H and O–H groups in total. The lowest BCUT2D eigenvalue weighted by Gasteiger charge is -2.13. The number of carbonyl (C=O) groups excluding carboxylic acids is 1. The number of halogens is 1. The number of urea groups is 1. The van der Waals surface area contributed by atoms with Crippen LogP contribution in [0, 0.1) is 12.7 Å². The second kappa shape index (κ2) is 7.59. The Morgan fingerprint density at radius 3 is 2.91 bits per heavy atom. The lowest BCUT2D eigenvalue weighted by Crippen LogP contribution is -2.38. The Balaban J connectivity index is 1.72. The largest absolute Gasteiger partial charge is 0.491 e. The van der Waals surface area contributed by atoms with Crippen molar-refractivity contribution in [1.82, 2.24) is 15.1 Å². The summed E-state index contributed by atoms with van der Waals surface area (Å²) >= 11 is 0. The summed E-state index contributed by atoms with van der Waals surface area (Å²) in [5.41, 5.74) is 0.784. The number of aliphatic hydroxyl groups is 1. The van der Waals surface area contributed by atoms with Crippen LogP contribution in [0.1, 0.15) is 5.69 Å². The van der Waals surface area contributed by atoms with Crippen LogP contribution in [0.2, 0.25) is 0 Å². The van der Waals surface area contributed by atoms with E-state index < -0.39 is 18.0 Å². The molecule has 0 fully saturated rings. The van der Waals surface area contributed by atoms with Gasteiger partial charge in [-0.05, 0) is 19.1 Å². The number of aromatic nitrogens is 2. The third kappa shape index (κ3) is 5.26. The van der Waals surface area contributed by atoms with Gasteiger partial charge in [0.15, 0.2) is 0 Å². The molecule has 1 aromatic heterocycles. The molecule has 0 aliphatic rings. The summed E-state index contributed by atoms with van der Waals surface area (Å²) in [5.74, 6) is 0.449. The molecule has 0 saturated heterocycles. The van der Waals surface area contributed by atoms with Crippen molar-refractivity contribution >= 4 is 11.8 Å². The molecule has 0 unspecified atom stereocenters. The number of hydrogen-bond donors (Lipinski definition) is 3. The van der Waals surface area contributed by atoms with Gasteiger partial charge in [0.25, 0.3) is 0 Å². The van der Waals surface area contributed by atoms with Gasteiger partial charge in [0.1, 0.15) is 30.1 Å². The van der Waals surface area contributed by atoms with E-state index in [9.17, 15) is 14.3 Å². The van der Waals surface area contributed by atoms with Crippen molar-refractivity contribution in [3.05, 3.63) is 41.8 Å². The van der Waals surface area contributed by atoms with Crippen LogP contribution in [0.4, 0.5) is 15.0 Å². The smallest absolute Gasteiger partial charge is 0.320 e. The van der Waals surface area contributed by atoms with Crippen LogP contribution >= 0.6 is 0 Å². The van der Waals surface area contributed by atoms with Gasteiger partial charge in [0.05, 0.1) is 5.69 Å². The van der Waals surface area contributed by atoms with Gasteiger partial charge >= 0.3 is 6.03 Å². The molecule has 0 saturated carbocycles. The number of benzene rings is 1. The zero-order chi connectivity index (χ0) is 16.8. The summed E-state index contributed by atoms with van der Waals surface area (Å²) in [6, 6.07) is 6.88. The molecule has 124 valence electrons. The fourth-order valence-corrected chi connectivity index (χ4v) is 1.91. The number of rotatable bonds is 6. The average Bonchev–Trinajstić information content (AvgIpc) is 2.81. The van der Waals surface area contributed by atoms with Crippen molar-refractivity contribution < 1.29 is 19.0 Å². The number of anilines is 1. The summed E-state index contributed by atoms with van der Waals surface area (Å²) in [5, 5.41) is 19.0. The number of amides is 2. The minimum Gasteiger partial charge on any atom is -0.491 e. The van der Waals surface area contributed by atoms with Gasteiger partial charge in [-0.3, -0.25) is 10.00 Å². The summed E-state index contributed by atoms with van der Waals surface area (Å²) < 4.78 is 19.8. The van der Waals surface area contributed by atoms with E-state index in [1.165, 1.54) is 18.2 Å². The van der Waals surface area contributed by atoms with Gasteiger partial charge in [-0.1, -0.05) is 6.07 Å². The molecule has 7 nitrogen and oxygen atoms in total. The Hall–Kier alpha value is -2.61. The van der Waals surface area contributed by atoms with Gasteiger partial charge < -0.3 is 15.2 Å². The van der Waals surface area contributed by atoms with Crippen molar-refractivity contribution in [2.45, 2.75) is 13.0 Å². The molecule has 1 atom stereocenters. The Kier molecular flexibility index (Phi) is 5.53. The highest BCUT2D eigenvalue weighted by atomic mass is 19.1. The molecule has 2 amide bonds. The average molecular weight is 322 g/mol. The van der Waals surface area contributed by atoms with E-state index in [0.717, 1.165) is 5.69 Å². The minimum atomic E-state index is -0.919. The quantitative estimate of drug-likeness (QED) is 0.751. The highest BCUT2D eigenvalue weighted by Crippen LogP contribution is 2.12. The highest BCUT2D eigenvalue weighted by molar-refractivity contribution is 5.88. The van der Waals surface area contributed by atoms with Crippen molar-refractivity contribution in [1.29, 1.82) is 0 Å². The highest BCUT2D eigenvalue weighted by Gasteiger charge is 2.10. The number of nitrogens with one attached hydrogen (secondary N) is 2. The molecule has 2 aromatic rings. The van der Waals surface area contributed by atoms with Crippen LogP contribution < -0.4 is 15.4 Å². The monoisotopic (exact) mass is 322 g/mol. The summed E-state index contributed by atoms with van der Waals surface area (Å²) in [6.07, 6.45) is -0.919. The maximum atomic E-state index is 13.0. The van der Waals surface area contributed by atoms with Gasteiger partial charge in [0.2, 0.25) is 0 Å². The number of nitrogens with zero attached hydrogens (tertiary/aromatic N) is 2. The predicted molar refractivity (Wildman–Crippen MR) is 82.9 cm³/mol. The first-order valence-corrected chi connectivity index (χ1v) is 7.06. The fourth-order valence-electron chi connectivity index (χ4n) is 1.91. The Morgan fingerprint density at radius 2 is 2.26 bits per heavy atom. The van der Waals surface area contributed by atoms with Crippen molar-refractivity contribution in [3.63, 3.8) is 0 Å². The Labute approximate surface area is 133 Å². The molecule has 0 aliphatic heterocycles. The standard InChI is InChI=1S/C15H19FN4O3/c1-10-6-14(20(2)19-10)18-15(22)17-8-12(21)9-23-13-5-3-4-11(16)7-13/h3-7,12,21H,8-9H2,1-2H3,(H2,17,18,22)/t12-/m1/s1. The molecule has 0 bridgehead atoms. The molecule has 0 aliphatic carbocycles. The van der Waals surface area contributed by atoms with E-state index in [1.54, 1.807) is 23.9 Å². The predicted octanol–water partition coefficient (Wildman–Crippen LogP) is 1.43. The lowest BCUT2D eigenvalue weighted by atomic mass is 10.3. The van der Waals surface area contributed by atoms with E-state index >= 15 is 0 Å². The van der Waals surface area contributed by atoms with Crippen LogP contribution in [-0.4, -0.2) is 40.2 Å². The molecule has 2 rings (SSSR count). The van der Waals surface area contributed by atoms with E-state index in [2.05, 4.69) is 15.7 Å². The van der Waals surface area contributed by atoms with E-state index in [0.29, 0.717) is 11.6 Å². The first-order valence-electron chi connectivity index (χ1n) is 7.06. The summed E-state index contributed by atoms with van der Waals surface area (Å²) in [4.78, 5) is 11.7. The molecular weight excluding hydrogens is 303 g/mol. The van der Waals surface area contributed by atoms with Crippen molar-refractivity contribution in [3.8, 4) is 5.75 Å². The number of aliphatic hydroxyl groups excluding tert-OH is 1. The van der Waals surface area contributed by atoms with Crippen LogP contribution in [0.5, 0.6) is 5.75 Å². The van der Waals surface area contributed by atoms with Gasteiger partial charge in [0, 0.05) is 25.7 Å². The molecule has 1 heterocycles. The second-order valence-corrected chi connectivity index (χ2v) is 5.05. The molecule has 0 spiro atoms. The van der Waals surface area contributed by atoms with Gasteiger partial charge in [-0.15, -0.1) is 0 Å². The van der Waals surface area contributed by atoms with Gasteiger partial charge in [-0.25, -0.2) is 9.18 Å². The van der Waals surface area contributed by atoms with Crippen LogP contribution in [0.15, 0.2) is 30.3 Å². The number of hydrogen-bond acceptors (Lipinski definition) is 4. The number of ether oxygens (including phenoxy) is 1. The molecule has 1 aromatic carbocycles. The zero-order valence-electron chi connectivity index (χ0n) is 12.9. The van der Waals surface area contributed by atoms with Gasteiger partial charge in [-0.2, -0.15) is 5.10 Å². The Morgan fingerprint density at radius 1 is 1.48 bits per heavy atom. The normalized spacial score (nSPS) is 11.8. The first kappa shape index (κ1) is 16.8.